The number of hydrogen-bond donors (Lipinski definition) is 2. The third-order valence-corrected chi connectivity index (χ3v) is 2.72. The van der Waals surface area contributed by atoms with Crippen molar-refractivity contribution < 1.29 is 14.3 Å². The molecular weight excluding hydrogens is 232 g/mol. The maximum atomic E-state index is 11.9. The Morgan fingerprint density at radius 3 is 2.83 bits per heavy atom. The van der Waals surface area contributed by atoms with E-state index < -0.39 is 12.0 Å². The molecule has 94 valence electrons. The lowest BCUT2D eigenvalue weighted by atomic mass is 10.1. The Kier molecular flexibility index (Phi) is 3.32. The first kappa shape index (κ1) is 12.2. The smallest absolute Gasteiger partial charge is 0.328 e. The summed E-state index contributed by atoms with van der Waals surface area (Å²) in [7, 11) is 1.29. The molecule has 2 aromatic rings. The Bertz CT molecular complexity index is 589. The quantitative estimate of drug-likeness (QED) is 0.805. The average Bonchev–Trinajstić information content (AvgIpc) is 2.84. The number of amides is 1. The van der Waals surface area contributed by atoms with Crippen molar-refractivity contribution in [3.63, 3.8) is 0 Å². The first-order chi connectivity index (χ1) is 8.61. The van der Waals surface area contributed by atoms with Gasteiger partial charge in [-0.25, -0.2) is 4.79 Å². The minimum atomic E-state index is -0.665. The molecule has 0 fully saturated rings. The number of nitrogens with one attached hydrogen (secondary N) is 2. The molecule has 1 aromatic heterocycles. The summed E-state index contributed by atoms with van der Waals surface area (Å²) in [5.74, 6) is -0.770. The predicted octanol–water partition coefficient (Wildman–Crippen LogP) is 1.46. The van der Waals surface area contributed by atoms with Crippen LogP contribution < -0.4 is 5.32 Å². The van der Waals surface area contributed by atoms with Gasteiger partial charge in [-0.3, -0.25) is 4.79 Å². The molecule has 1 unspecified atom stereocenters. The monoisotopic (exact) mass is 246 g/mol. The highest BCUT2D eigenvalue weighted by atomic mass is 16.5. The minimum absolute atomic E-state index is 0.301. The Labute approximate surface area is 104 Å². The lowest BCUT2D eigenvalue weighted by Gasteiger charge is -2.11. The van der Waals surface area contributed by atoms with Crippen LogP contribution in [0.4, 0.5) is 0 Å². The molecule has 2 N–H and O–H groups in total. The van der Waals surface area contributed by atoms with Gasteiger partial charge in [-0.2, -0.15) is 0 Å². The van der Waals surface area contributed by atoms with Crippen LogP contribution in [0.25, 0.3) is 10.9 Å². The lowest BCUT2D eigenvalue weighted by molar-refractivity contribution is -0.142. The standard InChI is InChI=1S/C13H14N2O3/c1-8(13(17)18-2)15-12(16)10-4-3-9-5-6-14-11(9)7-10/h3-8,14H,1-2H3,(H,15,16). The maximum Gasteiger partial charge on any atom is 0.328 e. The van der Waals surface area contributed by atoms with Crippen LogP contribution in [0.15, 0.2) is 30.5 Å². The molecule has 0 aliphatic rings. The van der Waals surface area contributed by atoms with Gasteiger partial charge >= 0.3 is 5.97 Å². The van der Waals surface area contributed by atoms with Gasteiger partial charge in [0.05, 0.1) is 7.11 Å². The Balaban J connectivity index is 2.15. The number of H-pyrrole nitrogens is 1. The Morgan fingerprint density at radius 2 is 2.11 bits per heavy atom. The summed E-state index contributed by atoms with van der Waals surface area (Å²) in [5.41, 5.74) is 1.38. The second-order valence-electron chi connectivity index (χ2n) is 4.00. The van der Waals surface area contributed by atoms with E-state index in [1.165, 1.54) is 7.11 Å². The van der Waals surface area contributed by atoms with E-state index in [4.69, 9.17) is 0 Å². The number of hydrogen-bond acceptors (Lipinski definition) is 3. The summed E-state index contributed by atoms with van der Waals surface area (Å²) in [6.45, 7) is 1.58. The van der Waals surface area contributed by atoms with Gasteiger partial charge in [-0.15, -0.1) is 0 Å². The number of rotatable bonds is 3. The Morgan fingerprint density at radius 1 is 1.33 bits per heavy atom. The van der Waals surface area contributed by atoms with Crippen molar-refractivity contribution in [1.82, 2.24) is 10.3 Å². The van der Waals surface area contributed by atoms with Gasteiger partial charge in [0.15, 0.2) is 0 Å². The van der Waals surface area contributed by atoms with E-state index in [1.807, 2.05) is 18.3 Å². The van der Waals surface area contributed by atoms with Crippen LogP contribution in [0.2, 0.25) is 0 Å². The average molecular weight is 246 g/mol. The second-order valence-corrected chi connectivity index (χ2v) is 4.00. The van der Waals surface area contributed by atoms with Crippen molar-refractivity contribution in [3.8, 4) is 0 Å². The van der Waals surface area contributed by atoms with Crippen molar-refractivity contribution >= 4 is 22.8 Å². The molecule has 0 aliphatic carbocycles. The van der Waals surface area contributed by atoms with E-state index in [9.17, 15) is 9.59 Å². The molecule has 0 saturated carbocycles. The number of methoxy groups -OCH3 is 1. The SMILES string of the molecule is COC(=O)C(C)NC(=O)c1ccc2cc[nH]c2c1. The third kappa shape index (κ3) is 2.34. The number of fused-ring (bicyclic) bond motifs is 1. The molecule has 1 aromatic carbocycles. The molecule has 1 atom stereocenters. The van der Waals surface area contributed by atoms with Gasteiger partial charge < -0.3 is 15.0 Å². The highest BCUT2D eigenvalue weighted by Crippen LogP contribution is 2.14. The fourth-order valence-electron chi connectivity index (χ4n) is 1.70. The van der Waals surface area contributed by atoms with Gasteiger partial charge in [0, 0.05) is 17.3 Å². The van der Waals surface area contributed by atoms with Gasteiger partial charge in [-0.1, -0.05) is 6.07 Å². The maximum absolute atomic E-state index is 11.9. The van der Waals surface area contributed by atoms with Gasteiger partial charge in [-0.05, 0) is 30.5 Å². The van der Waals surface area contributed by atoms with Crippen molar-refractivity contribution in [2.24, 2.45) is 0 Å². The molecule has 0 radical (unpaired) electrons. The largest absolute Gasteiger partial charge is 0.467 e. The molecule has 2 rings (SSSR count). The normalized spacial score (nSPS) is 12.1. The molecule has 18 heavy (non-hydrogen) atoms. The van der Waals surface area contributed by atoms with E-state index in [2.05, 4.69) is 15.0 Å². The van der Waals surface area contributed by atoms with E-state index in [-0.39, 0.29) is 5.91 Å². The van der Waals surface area contributed by atoms with Gasteiger partial charge in [0.25, 0.3) is 5.91 Å². The van der Waals surface area contributed by atoms with Crippen LogP contribution in [0.5, 0.6) is 0 Å². The topological polar surface area (TPSA) is 71.2 Å². The highest BCUT2D eigenvalue weighted by Gasteiger charge is 2.16. The summed E-state index contributed by atoms with van der Waals surface area (Å²) < 4.78 is 4.55. The molecule has 0 spiro atoms. The molecule has 0 saturated heterocycles. The van der Waals surface area contributed by atoms with Crippen molar-refractivity contribution in [2.45, 2.75) is 13.0 Å². The number of benzene rings is 1. The van der Waals surface area contributed by atoms with Crippen LogP contribution >= 0.6 is 0 Å². The predicted molar refractivity (Wildman–Crippen MR) is 67.2 cm³/mol. The van der Waals surface area contributed by atoms with Crippen LogP contribution in [-0.4, -0.2) is 30.0 Å². The lowest BCUT2D eigenvalue weighted by Crippen LogP contribution is -2.39. The van der Waals surface area contributed by atoms with Crippen molar-refractivity contribution in [2.75, 3.05) is 7.11 Å². The molecule has 0 bridgehead atoms. The fourth-order valence-corrected chi connectivity index (χ4v) is 1.70. The zero-order valence-electron chi connectivity index (χ0n) is 10.2. The number of aromatic amines is 1. The van der Waals surface area contributed by atoms with Gasteiger partial charge in [0.1, 0.15) is 6.04 Å². The summed E-state index contributed by atoms with van der Waals surface area (Å²) in [4.78, 5) is 26.1. The zero-order valence-corrected chi connectivity index (χ0v) is 10.2. The first-order valence-electron chi connectivity index (χ1n) is 5.57. The Hall–Kier alpha value is -2.30. The third-order valence-electron chi connectivity index (χ3n) is 2.72. The molecule has 5 nitrogen and oxygen atoms in total. The van der Waals surface area contributed by atoms with Crippen LogP contribution in [-0.2, 0) is 9.53 Å². The van der Waals surface area contributed by atoms with Crippen LogP contribution in [0.1, 0.15) is 17.3 Å². The van der Waals surface area contributed by atoms with Crippen LogP contribution in [0, 0.1) is 0 Å². The number of carbonyl (C=O) groups excluding carboxylic acids is 2. The molecule has 5 heteroatoms. The number of aromatic nitrogens is 1. The summed E-state index contributed by atoms with van der Waals surface area (Å²) in [5, 5.41) is 3.61. The van der Waals surface area contributed by atoms with E-state index in [0.29, 0.717) is 5.56 Å². The number of carbonyl (C=O) groups is 2. The van der Waals surface area contributed by atoms with E-state index >= 15 is 0 Å². The first-order valence-corrected chi connectivity index (χ1v) is 5.57. The number of ether oxygens (including phenoxy) is 1. The molecule has 0 aliphatic heterocycles. The van der Waals surface area contributed by atoms with Crippen molar-refractivity contribution in [3.05, 3.63) is 36.0 Å². The summed E-state index contributed by atoms with van der Waals surface area (Å²) in [6.07, 6.45) is 1.81. The number of esters is 1. The molecule has 1 heterocycles. The summed E-state index contributed by atoms with van der Waals surface area (Å²) >= 11 is 0. The molecule has 1 amide bonds. The van der Waals surface area contributed by atoms with Crippen molar-refractivity contribution in [1.29, 1.82) is 0 Å². The second kappa shape index (κ2) is 4.91. The van der Waals surface area contributed by atoms with E-state index in [0.717, 1.165) is 10.9 Å². The zero-order chi connectivity index (χ0) is 13.1. The highest BCUT2D eigenvalue weighted by molar-refractivity contribution is 5.99. The summed E-state index contributed by atoms with van der Waals surface area (Å²) in [6, 6.07) is 6.57. The fraction of sp³-hybridized carbons (Fsp3) is 0.231. The minimum Gasteiger partial charge on any atom is -0.467 e. The molecular formula is C13H14N2O3. The van der Waals surface area contributed by atoms with Gasteiger partial charge in [0.2, 0.25) is 0 Å². The van der Waals surface area contributed by atoms with Crippen LogP contribution in [0.3, 0.4) is 0 Å². The van der Waals surface area contributed by atoms with E-state index in [1.54, 1.807) is 19.1 Å².